The third-order valence-electron chi connectivity index (χ3n) is 7.91. The van der Waals surface area contributed by atoms with Crippen molar-refractivity contribution in [3.8, 4) is 0 Å². The molecule has 0 amide bonds. The van der Waals surface area contributed by atoms with Crippen LogP contribution in [0.5, 0.6) is 0 Å². The Balaban J connectivity index is 3.00. The highest BCUT2D eigenvalue weighted by Gasteiger charge is 1.97. The van der Waals surface area contributed by atoms with Crippen LogP contribution in [0.25, 0.3) is 0 Å². The molecule has 0 rings (SSSR count). The fraction of sp³-hybridized carbons (Fsp3) is 0.971. The first-order chi connectivity index (χ1) is 17.9. The number of thioether (sulfide) groups is 1. The SMILES string of the molecule is CCCCCCCCCCCCCCCCCCCCC[CH]SCCCCCCCCCCCCC. The van der Waals surface area contributed by atoms with E-state index in [2.05, 4.69) is 31.4 Å². The zero-order valence-corrected chi connectivity index (χ0v) is 26.4. The Morgan fingerprint density at radius 3 is 0.861 bits per heavy atom. The maximum absolute atomic E-state index is 2.50. The predicted molar refractivity (Wildman–Crippen MR) is 171 cm³/mol. The fourth-order valence-electron chi connectivity index (χ4n) is 5.32. The molecule has 0 unspecified atom stereocenters. The van der Waals surface area contributed by atoms with Crippen LogP contribution in [0.4, 0.5) is 0 Å². The molecule has 0 atom stereocenters. The van der Waals surface area contributed by atoms with Crippen LogP contribution in [-0.2, 0) is 0 Å². The van der Waals surface area contributed by atoms with Gasteiger partial charge in [-0.05, 0) is 18.6 Å². The van der Waals surface area contributed by atoms with Crippen LogP contribution >= 0.6 is 11.8 Å². The van der Waals surface area contributed by atoms with Crippen molar-refractivity contribution in [2.45, 2.75) is 213 Å². The second kappa shape index (κ2) is 35.4. The Bertz CT molecular complexity index is 319. The van der Waals surface area contributed by atoms with Crippen LogP contribution in [-0.4, -0.2) is 5.75 Å². The lowest BCUT2D eigenvalue weighted by atomic mass is 10.0. The largest absolute Gasteiger partial charge is 0.157 e. The molecular weight excluding hydrogens is 452 g/mol. The van der Waals surface area contributed by atoms with Crippen LogP contribution in [0.15, 0.2) is 0 Å². The maximum Gasteiger partial charge on any atom is 0.0166 e. The van der Waals surface area contributed by atoms with Crippen molar-refractivity contribution in [3.63, 3.8) is 0 Å². The van der Waals surface area contributed by atoms with E-state index < -0.39 is 0 Å². The quantitative estimate of drug-likeness (QED) is 0.0770. The van der Waals surface area contributed by atoms with Gasteiger partial charge in [0.15, 0.2) is 0 Å². The smallest absolute Gasteiger partial charge is 0.0166 e. The number of rotatable bonds is 33. The van der Waals surface area contributed by atoms with Gasteiger partial charge in [-0.2, -0.15) is 11.8 Å². The number of hydrogen-bond donors (Lipinski definition) is 0. The van der Waals surface area contributed by atoms with Crippen LogP contribution in [0.3, 0.4) is 0 Å². The van der Waals surface area contributed by atoms with E-state index in [0.717, 1.165) is 0 Å². The van der Waals surface area contributed by atoms with Gasteiger partial charge in [-0.25, -0.2) is 0 Å². The molecule has 0 nitrogen and oxygen atoms in total. The summed E-state index contributed by atoms with van der Waals surface area (Å²) in [6.45, 7) is 4.61. The average Bonchev–Trinajstić information content (AvgIpc) is 2.89. The average molecular weight is 524 g/mol. The third kappa shape index (κ3) is 34.4. The van der Waals surface area contributed by atoms with E-state index >= 15 is 0 Å². The van der Waals surface area contributed by atoms with Crippen LogP contribution in [0.1, 0.15) is 213 Å². The summed E-state index contributed by atoms with van der Waals surface area (Å²) in [5.74, 6) is 3.86. The fourth-order valence-corrected chi connectivity index (χ4v) is 6.19. The highest BCUT2D eigenvalue weighted by molar-refractivity contribution is 8.01. The van der Waals surface area contributed by atoms with Gasteiger partial charge in [-0.3, -0.25) is 0 Å². The lowest BCUT2D eigenvalue weighted by Gasteiger charge is -2.04. The van der Waals surface area contributed by atoms with Gasteiger partial charge in [0.25, 0.3) is 0 Å². The van der Waals surface area contributed by atoms with Gasteiger partial charge >= 0.3 is 0 Å². The molecule has 0 bridgehead atoms. The van der Waals surface area contributed by atoms with Gasteiger partial charge in [0.1, 0.15) is 0 Å². The van der Waals surface area contributed by atoms with E-state index in [1.54, 1.807) is 0 Å². The lowest BCUT2D eigenvalue weighted by molar-refractivity contribution is 0.523. The monoisotopic (exact) mass is 524 g/mol. The molecule has 0 aliphatic rings. The molecule has 0 heterocycles. The normalized spacial score (nSPS) is 11.5. The Morgan fingerprint density at radius 1 is 0.306 bits per heavy atom. The summed E-state index contributed by atoms with van der Waals surface area (Å²) in [6.07, 6.45) is 45.3. The number of unbranched alkanes of at least 4 members (excludes halogenated alkanes) is 29. The summed E-state index contributed by atoms with van der Waals surface area (Å²) in [5.41, 5.74) is 0. The first kappa shape index (κ1) is 36.4. The minimum Gasteiger partial charge on any atom is -0.157 e. The van der Waals surface area contributed by atoms with E-state index in [-0.39, 0.29) is 0 Å². The van der Waals surface area contributed by atoms with Crippen molar-refractivity contribution in [2.24, 2.45) is 0 Å². The second-order valence-corrected chi connectivity index (χ2v) is 12.8. The summed E-state index contributed by atoms with van der Waals surface area (Å²) < 4.78 is 0. The minimum atomic E-state index is 1.33. The molecule has 0 saturated heterocycles. The van der Waals surface area contributed by atoms with Crippen LogP contribution in [0, 0.1) is 5.75 Å². The molecule has 0 aliphatic carbocycles. The molecule has 0 aromatic heterocycles. The van der Waals surface area contributed by atoms with Crippen molar-refractivity contribution in [2.75, 3.05) is 5.75 Å². The molecule has 36 heavy (non-hydrogen) atoms. The molecule has 0 saturated carbocycles. The molecule has 0 spiro atoms. The Labute approximate surface area is 235 Å². The van der Waals surface area contributed by atoms with Gasteiger partial charge < -0.3 is 0 Å². The van der Waals surface area contributed by atoms with E-state index in [1.165, 1.54) is 205 Å². The topological polar surface area (TPSA) is 0 Å². The lowest BCUT2D eigenvalue weighted by Crippen LogP contribution is -1.85. The van der Waals surface area contributed by atoms with E-state index in [0.29, 0.717) is 0 Å². The first-order valence-electron chi connectivity index (χ1n) is 17.3. The van der Waals surface area contributed by atoms with E-state index in [4.69, 9.17) is 0 Å². The Kier molecular flexibility index (Phi) is 35.7. The highest BCUT2D eigenvalue weighted by atomic mass is 32.2. The molecule has 1 radical (unpaired) electrons. The molecule has 0 aliphatic heterocycles. The van der Waals surface area contributed by atoms with Gasteiger partial charge in [0.05, 0.1) is 0 Å². The summed E-state index contributed by atoms with van der Waals surface area (Å²) in [5, 5.41) is 0. The standard InChI is InChI=1S/C35H71S/c1-3-5-7-9-11-13-15-16-17-18-19-20-21-22-23-25-27-29-31-33-35-36-34-32-30-28-26-24-14-12-10-8-6-4-2/h35H,3-34H2,1-2H3. The van der Waals surface area contributed by atoms with E-state index in [1.807, 2.05) is 0 Å². The maximum atomic E-state index is 2.50. The third-order valence-corrected chi connectivity index (χ3v) is 8.90. The molecule has 1 heteroatoms. The van der Waals surface area contributed by atoms with Crippen molar-refractivity contribution in [1.29, 1.82) is 0 Å². The van der Waals surface area contributed by atoms with Crippen molar-refractivity contribution in [3.05, 3.63) is 5.75 Å². The van der Waals surface area contributed by atoms with Crippen LogP contribution < -0.4 is 0 Å². The Morgan fingerprint density at radius 2 is 0.556 bits per heavy atom. The molecule has 0 N–H and O–H groups in total. The van der Waals surface area contributed by atoms with Crippen molar-refractivity contribution < 1.29 is 0 Å². The first-order valence-corrected chi connectivity index (χ1v) is 18.4. The zero-order valence-electron chi connectivity index (χ0n) is 25.6. The van der Waals surface area contributed by atoms with Gasteiger partial charge in [-0.1, -0.05) is 200 Å². The van der Waals surface area contributed by atoms with Gasteiger partial charge in [-0.15, -0.1) is 0 Å². The van der Waals surface area contributed by atoms with Crippen molar-refractivity contribution >= 4 is 11.8 Å². The number of hydrogen-bond acceptors (Lipinski definition) is 1. The van der Waals surface area contributed by atoms with Gasteiger partial charge in [0, 0.05) is 5.75 Å². The molecular formula is C35H71S. The molecule has 0 aromatic rings. The molecule has 217 valence electrons. The minimum absolute atomic E-state index is 1.33. The zero-order chi connectivity index (χ0) is 26.0. The summed E-state index contributed by atoms with van der Waals surface area (Å²) in [7, 11) is 0. The van der Waals surface area contributed by atoms with Crippen LogP contribution in [0.2, 0.25) is 0 Å². The summed E-state index contributed by atoms with van der Waals surface area (Å²) in [4.78, 5) is 0. The Hall–Kier alpha value is 0.350. The highest BCUT2D eigenvalue weighted by Crippen LogP contribution is 2.18. The molecule has 0 fully saturated rings. The second-order valence-electron chi connectivity index (χ2n) is 11.7. The molecule has 0 aromatic carbocycles. The van der Waals surface area contributed by atoms with Crippen molar-refractivity contribution in [1.82, 2.24) is 0 Å². The summed E-state index contributed by atoms with van der Waals surface area (Å²) >= 11 is 2.10. The van der Waals surface area contributed by atoms with Gasteiger partial charge in [0.2, 0.25) is 0 Å². The predicted octanol–water partition coefficient (Wildman–Crippen LogP) is 14.0. The summed E-state index contributed by atoms with van der Waals surface area (Å²) in [6, 6.07) is 0. The van der Waals surface area contributed by atoms with E-state index in [9.17, 15) is 0 Å².